The normalized spacial score (nSPS) is 15.9. The van der Waals surface area contributed by atoms with Crippen molar-refractivity contribution in [3.8, 4) is 0 Å². The van der Waals surface area contributed by atoms with Gasteiger partial charge in [-0.1, -0.05) is 0 Å². The molecule has 1 aromatic rings. The molecule has 2 heterocycles. The van der Waals surface area contributed by atoms with Crippen molar-refractivity contribution in [1.29, 1.82) is 0 Å². The molecule has 3 N–H and O–H groups in total. The second-order valence-electron chi connectivity index (χ2n) is 3.59. The zero-order valence-electron chi connectivity index (χ0n) is 9.49. The molecule has 0 amide bonds. The predicted molar refractivity (Wildman–Crippen MR) is 64.9 cm³/mol. The molecule has 0 aliphatic carbocycles. The van der Waals surface area contributed by atoms with E-state index in [1.807, 2.05) is 25.6 Å². The summed E-state index contributed by atoms with van der Waals surface area (Å²) in [5, 5.41) is 0. The van der Waals surface area contributed by atoms with Crippen molar-refractivity contribution in [3.63, 3.8) is 0 Å². The molecule has 88 valence electrons. The summed E-state index contributed by atoms with van der Waals surface area (Å²) in [6, 6.07) is 0. The number of anilines is 1. The number of rotatable bonds is 4. The third-order valence-corrected chi connectivity index (χ3v) is 3.48. The van der Waals surface area contributed by atoms with E-state index >= 15 is 0 Å². The van der Waals surface area contributed by atoms with Crippen LogP contribution in [-0.2, 0) is 16.2 Å². The number of hydrazine groups is 1. The molecule has 0 aromatic carbocycles. The fourth-order valence-corrected chi connectivity index (χ4v) is 2.74. The minimum Gasteiger partial charge on any atom is -0.371 e. The zero-order chi connectivity index (χ0) is 11.5. The van der Waals surface area contributed by atoms with Crippen molar-refractivity contribution in [3.05, 3.63) is 17.1 Å². The van der Waals surface area contributed by atoms with Crippen LogP contribution < -0.4 is 11.3 Å². The quantitative estimate of drug-likeness (QED) is 0.615. The van der Waals surface area contributed by atoms with Gasteiger partial charge >= 0.3 is 0 Å². The Morgan fingerprint density at radius 1 is 1.50 bits per heavy atom. The maximum Gasteiger partial charge on any atom is 0.159 e. The summed E-state index contributed by atoms with van der Waals surface area (Å²) in [6.45, 7) is 4.57. The van der Waals surface area contributed by atoms with Gasteiger partial charge in [-0.15, -0.1) is 0 Å². The van der Waals surface area contributed by atoms with Crippen molar-refractivity contribution >= 4 is 17.6 Å². The molecule has 0 fully saturated rings. The Bertz CT molecular complexity index is 385. The Kier molecular flexibility index (Phi) is 3.63. The standard InChI is InChI=1S/C10H16N4OS/c1-3-15-6(2)9-12-8-5-16-4-7(8)10(13-9)14-11/h6H,3-5,11H2,1-2H3,(H,12,13,14). The van der Waals surface area contributed by atoms with Gasteiger partial charge in [0, 0.05) is 23.7 Å². The summed E-state index contributed by atoms with van der Waals surface area (Å²) in [5.74, 6) is 8.77. The Balaban J connectivity index is 2.34. The number of aromatic nitrogens is 2. The van der Waals surface area contributed by atoms with Crippen LogP contribution in [0, 0.1) is 0 Å². The van der Waals surface area contributed by atoms with Gasteiger partial charge in [0.25, 0.3) is 0 Å². The molecule has 0 saturated heterocycles. The molecule has 0 bridgehead atoms. The van der Waals surface area contributed by atoms with Gasteiger partial charge in [0.05, 0.1) is 5.69 Å². The van der Waals surface area contributed by atoms with E-state index in [0.29, 0.717) is 12.4 Å². The fraction of sp³-hybridized carbons (Fsp3) is 0.600. The monoisotopic (exact) mass is 240 g/mol. The maximum atomic E-state index is 5.49. The van der Waals surface area contributed by atoms with Gasteiger partial charge in [-0.05, 0) is 13.8 Å². The molecule has 1 aromatic heterocycles. The van der Waals surface area contributed by atoms with E-state index in [1.54, 1.807) is 0 Å². The lowest BCUT2D eigenvalue weighted by Crippen LogP contribution is -2.15. The number of hydrogen-bond acceptors (Lipinski definition) is 6. The first-order valence-electron chi connectivity index (χ1n) is 5.32. The summed E-state index contributed by atoms with van der Waals surface area (Å²) in [6.07, 6.45) is -0.0898. The van der Waals surface area contributed by atoms with Gasteiger partial charge in [-0.2, -0.15) is 11.8 Å². The van der Waals surface area contributed by atoms with Crippen LogP contribution in [-0.4, -0.2) is 16.6 Å². The summed E-state index contributed by atoms with van der Waals surface area (Å²) < 4.78 is 5.49. The van der Waals surface area contributed by atoms with Gasteiger partial charge in [0.1, 0.15) is 11.9 Å². The first kappa shape index (κ1) is 11.6. The topological polar surface area (TPSA) is 73.1 Å². The van der Waals surface area contributed by atoms with Crippen molar-refractivity contribution in [2.75, 3.05) is 12.0 Å². The molecule has 1 aliphatic heterocycles. The highest BCUT2D eigenvalue weighted by atomic mass is 32.2. The first-order chi connectivity index (χ1) is 7.76. The summed E-state index contributed by atoms with van der Waals surface area (Å²) in [4.78, 5) is 8.92. The lowest BCUT2D eigenvalue weighted by molar-refractivity contribution is 0.0700. The number of ether oxygens (including phenoxy) is 1. The molecule has 0 saturated carbocycles. The van der Waals surface area contributed by atoms with E-state index in [4.69, 9.17) is 10.6 Å². The Hall–Kier alpha value is -0.850. The van der Waals surface area contributed by atoms with Gasteiger partial charge in [-0.3, -0.25) is 0 Å². The van der Waals surface area contributed by atoms with E-state index in [-0.39, 0.29) is 6.10 Å². The van der Waals surface area contributed by atoms with Gasteiger partial charge in [-0.25, -0.2) is 15.8 Å². The molecule has 2 rings (SSSR count). The Morgan fingerprint density at radius 3 is 3.00 bits per heavy atom. The largest absolute Gasteiger partial charge is 0.371 e. The van der Waals surface area contributed by atoms with Gasteiger partial charge < -0.3 is 10.2 Å². The molecule has 0 spiro atoms. The molecule has 1 aliphatic rings. The summed E-state index contributed by atoms with van der Waals surface area (Å²) >= 11 is 1.83. The lowest BCUT2D eigenvalue weighted by atomic mass is 10.2. The average molecular weight is 240 g/mol. The van der Waals surface area contributed by atoms with Crippen LogP contribution in [0.3, 0.4) is 0 Å². The van der Waals surface area contributed by atoms with Crippen molar-refractivity contribution in [2.45, 2.75) is 31.5 Å². The summed E-state index contributed by atoms with van der Waals surface area (Å²) in [5.41, 5.74) is 4.85. The number of hydrogen-bond donors (Lipinski definition) is 2. The van der Waals surface area contributed by atoms with Crippen LogP contribution >= 0.6 is 11.8 Å². The van der Waals surface area contributed by atoms with Gasteiger partial charge in [0.2, 0.25) is 0 Å². The fourth-order valence-electron chi connectivity index (χ4n) is 1.70. The van der Waals surface area contributed by atoms with E-state index in [0.717, 1.165) is 28.6 Å². The number of fused-ring (bicyclic) bond motifs is 1. The van der Waals surface area contributed by atoms with E-state index < -0.39 is 0 Å². The number of thioether (sulfide) groups is 1. The van der Waals surface area contributed by atoms with Crippen molar-refractivity contribution < 1.29 is 4.74 Å². The van der Waals surface area contributed by atoms with Crippen LogP contribution in [0.25, 0.3) is 0 Å². The Labute approximate surface area is 99.2 Å². The molecule has 6 heteroatoms. The minimum atomic E-state index is -0.0898. The van der Waals surface area contributed by atoms with Crippen LogP contribution in [0.1, 0.15) is 37.0 Å². The lowest BCUT2D eigenvalue weighted by Gasteiger charge is -2.13. The number of nitrogen functional groups attached to an aromatic ring is 1. The van der Waals surface area contributed by atoms with Crippen LogP contribution in [0.5, 0.6) is 0 Å². The molecular formula is C10H16N4OS. The number of nitrogens with one attached hydrogen (secondary N) is 1. The second-order valence-corrected chi connectivity index (χ2v) is 4.58. The minimum absolute atomic E-state index is 0.0898. The zero-order valence-corrected chi connectivity index (χ0v) is 10.3. The highest BCUT2D eigenvalue weighted by Gasteiger charge is 2.21. The molecule has 16 heavy (non-hydrogen) atoms. The highest BCUT2D eigenvalue weighted by Crippen LogP contribution is 2.33. The molecule has 1 atom stereocenters. The molecular weight excluding hydrogens is 224 g/mol. The SMILES string of the molecule is CCOC(C)c1nc2c(c(NN)n1)CSC2. The number of nitrogens with zero attached hydrogens (tertiary/aromatic N) is 2. The van der Waals surface area contributed by atoms with E-state index in [9.17, 15) is 0 Å². The second kappa shape index (κ2) is 4.99. The van der Waals surface area contributed by atoms with Crippen LogP contribution in [0.15, 0.2) is 0 Å². The smallest absolute Gasteiger partial charge is 0.159 e. The first-order valence-corrected chi connectivity index (χ1v) is 6.47. The van der Waals surface area contributed by atoms with Crippen molar-refractivity contribution in [2.24, 2.45) is 5.84 Å². The maximum absolute atomic E-state index is 5.49. The average Bonchev–Trinajstić information content (AvgIpc) is 2.75. The van der Waals surface area contributed by atoms with Crippen molar-refractivity contribution in [1.82, 2.24) is 9.97 Å². The third-order valence-electron chi connectivity index (χ3n) is 2.51. The van der Waals surface area contributed by atoms with E-state index in [2.05, 4.69) is 15.4 Å². The predicted octanol–water partition coefficient (Wildman–Crippen LogP) is 1.61. The summed E-state index contributed by atoms with van der Waals surface area (Å²) in [7, 11) is 0. The highest BCUT2D eigenvalue weighted by molar-refractivity contribution is 7.98. The third kappa shape index (κ3) is 2.14. The van der Waals surface area contributed by atoms with Crippen LogP contribution in [0.4, 0.5) is 5.82 Å². The number of nitrogens with two attached hydrogens (primary N) is 1. The molecule has 5 nitrogen and oxygen atoms in total. The van der Waals surface area contributed by atoms with E-state index in [1.165, 1.54) is 0 Å². The van der Waals surface area contributed by atoms with Gasteiger partial charge in [0.15, 0.2) is 5.82 Å². The molecule has 1 unspecified atom stereocenters. The van der Waals surface area contributed by atoms with Crippen LogP contribution in [0.2, 0.25) is 0 Å². The molecule has 0 radical (unpaired) electrons. The Morgan fingerprint density at radius 2 is 2.31 bits per heavy atom.